The highest BCUT2D eigenvalue weighted by molar-refractivity contribution is 5.70. The maximum absolute atomic E-state index is 14.4. The molecule has 0 spiro atoms. The van der Waals surface area contributed by atoms with Gasteiger partial charge in [0.15, 0.2) is 0 Å². The van der Waals surface area contributed by atoms with Gasteiger partial charge in [-0.25, -0.2) is 18.7 Å². The van der Waals surface area contributed by atoms with Crippen molar-refractivity contribution in [3.63, 3.8) is 0 Å². The molecule has 0 saturated carbocycles. The quantitative estimate of drug-likeness (QED) is 0.603. The molecule has 1 aliphatic rings. The van der Waals surface area contributed by atoms with Gasteiger partial charge in [-0.05, 0) is 71.7 Å². The number of hydrogen-bond acceptors (Lipinski definition) is 5. The number of rotatable bonds is 3. The lowest BCUT2D eigenvalue weighted by molar-refractivity contribution is -0.0574. The molecule has 4 rings (SSSR count). The maximum atomic E-state index is 14.4. The number of nitrogens with zero attached hydrogens (tertiary/aromatic N) is 4. The standard InChI is InChI=1S/C25H32FN5O4/c1-14-10-18(11-15(2)21(14)26)31-22(29-9-8-27-23(29)32)20(17(4)28-31)19-13-34-12-16(3)30(19)24(33)35-25(5,6)7/h8-11,16,19H,12-13H2,1-7H3,(H,27,32). The van der Waals surface area contributed by atoms with E-state index in [1.165, 1.54) is 10.8 Å². The van der Waals surface area contributed by atoms with Crippen LogP contribution in [0.4, 0.5) is 9.18 Å². The van der Waals surface area contributed by atoms with E-state index in [9.17, 15) is 14.0 Å². The Bertz CT molecular complexity index is 1290. The Labute approximate surface area is 203 Å². The van der Waals surface area contributed by atoms with Crippen LogP contribution in [0.5, 0.6) is 0 Å². The van der Waals surface area contributed by atoms with Crippen LogP contribution in [-0.2, 0) is 9.47 Å². The van der Waals surface area contributed by atoms with Crippen LogP contribution in [0.25, 0.3) is 11.5 Å². The molecule has 0 radical (unpaired) electrons. The summed E-state index contributed by atoms with van der Waals surface area (Å²) < 4.78 is 29.0. The first-order valence-corrected chi connectivity index (χ1v) is 11.6. The summed E-state index contributed by atoms with van der Waals surface area (Å²) in [6.45, 7) is 13.1. The number of amides is 1. The number of carbonyl (C=O) groups is 1. The molecule has 1 amide bonds. The van der Waals surface area contributed by atoms with E-state index in [2.05, 4.69) is 4.98 Å². The van der Waals surface area contributed by atoms with E-state index in [1.54, 1.807) is 41.8 Å². The van der Waals surface area contributed by atoms with Crippen molar-refractivity contribution in [2.45, 2.75) is 66.2 Å². The van der Waals surface area contributed by atoms with Crippen molar-refractivity contribution < 1.29 is 18.7 Å². The first-order valence-electron chi connectivity index (χ1n) is 11.6. The second-order valence-electron chi connectivity index (χ2n) is 10.1. The summed E-state index contributed by atoms with van der Waals surface area (Å²) in [7, 11) is 0. The van der Waals surface area contributed by atoms with Gasteiger partial charge < -0.3 is 14.5 Å². The van der Waals surface area contributed by atoms with Gasteiger partial charge in [-0.2, -0.15) is 5.10 Å². The number of nitrogens with one attached hydrogen (secondary N) is 1. The minimum Gasteiger partial charge on any atom is -0.444 e. The minimum atomic E-state index is -0.678. The van der Waals surface area contributed by atoms with Gasteiger partial charge in [0.1, 0.15) is 17.2 Å². The Hall–Kier alpha value is -3.40. The molecule has 35 heavy (non-hydrogen) atoms. The third-order valence-electron chi connectivity index (χ3n) is 6.01. The lowest BCUT2D eigenvalue weighted by Crippen LogP contribution is -2.51. The molecule has 1 aliphatic heterocycles. The molecule has 188 valence electrons. The van der Waals surface area contributed by atoms with E-state index in [0.717, 1.165) is 0 Å². The number of aryl methyl sites for hydroxylation is 3. The Kier molecular flexibility index (Phi) is 6.35. The van der Waals surface area contributed by atoms with Crippen molar-refractivity contribution in [2.75, 3.05) is 13.2 Å². The zero-order valence-corrected chi connectivity index (χ0v) is 21.2. The molecule has 1 aromatic carbocycles. The molecule has 0 aliphatic carbocycles. The van der Waals surface area contributed by atoms with E-state index >= 15 is 0 Å². The van der Waals surface area contributed by atoms with Gasteiger partial charge in [0, 0.05) is 18.0 Å². The predicted molar refractivity (Wildman–Crippen MR) is 129 cm³/mol. The maximum Gasteiger partial charge on any atom is 0.411 e. The predicted octanol–water partition coefficient (Wildman–Crippen LogP) is 4.11. The third-order valence-corrected chi connectivity index (χ3v) is 6.01. The first kappa shape index (κ1) is 24.7. The number of halogens is 1. The summed E-state index contributed by atoms with van der Waals surface area (Å²) >= 11 is 0. The average Bonchev–Trinajstić information content (AvgIpc) is 3.32. The van der Waals surface area contributed by atoms with Crippen LogP contribution in [0.15, 0.2) is 29.3 Å². The van der Waals surface area contributed by atoms with Crippen LogP contribution in [0, 0.1) is 26.6 Å². The summed E-state index contributed by atoms with van der Waals surface area (Å²) in [5.41, 5.74) is 1.76. The van der Waals surface area contributed by atoms with Gasteiger partial charge in [-0.3, -0.25) is 9.47 Å². The van der Waals surface area contributed by atoms with Gasteiger partial charge in [0.05, 0.1) is 36.7 Å². The van der Waals surface area contributed by atoms with Crippen molar-refractivity contribution in [3.05, 3.63) is 63.2 Å². The molecule has 2 unspecified atom stereocenters. The van der Waals surface area contributed by atoms with Gasteiger partial charge in [-0.1, -0.05) is 0 Å². The number of aromatic nitrogens is 4. The van der Waals surface area contributed by atoms with Crippen LogP contribution in [0.1, 0.15) is 56.1 Å². The lowest BCUT2D eigenvalue weighted by Gasteiger charge is -2.41. The first-order chi connectivity index (χ1) is 16.4. The monoisotopic (exact) mass is 485 g/mol. The van der Waals surface area contributed by atoms with Gasteiger partial charge in [-0.15, -0.1) is 0 Å². The molecule has 1 N–H and O–H groups in total. The summed E-state index contributed by atoms with van der Waals surface area (Å²) in [5.74, 6) is 0.166. The van der Waals surface area contributed by atoms with E-state index in [1.807, 2.05) is 34.6 Å². The number of carbonyl (C=O) groups excluding carboxylic acids is 1. The van der Waals surface area contributed by atoms with E-state index in [4.69, 9.17) is 14.6 Å². The zero-order chi connectivity index (χ0) is 25.7. The highest BCUT2D eigenvalue weighted by atomic mass is 19.1. The zero-order valence-electron chi connectivity index (χ0n) is 21.2. The number of ether oxygens (including phenoxy) is 2. The molecular formula is C25H32FN5O4. The van der Waals surface area contributed by atoms with E-state index in [0.29, 0.717) is 40.5 Å². The van der Waals surface area contributed by atoms with Gasteiger partial charge in [0.25, 0.3) is 0 Å². The normalized spacial score (nSPS) is 18.7. The van der Waals surface area contributed by atoms with Crippen LogP contribution in [0.2, 0.25) is 0 Å². The van der Waals surface area contributed by atoms with Crippen molar-refractivity contribution in [3.8, 4) is 11.5 Å². The molecule has 3 heterocycles. The minimum absolute atomic E-state index is 0.212. The summed E-state index contributed by atoms with van der Waals surface area (Å²) in [6.07, 6.45) is 2.67. The molecule has 1 fully saturated rings. The van der Waals surface area contributed by atoms with Crippen LogP contribution in [-0.4, -0.2) is 55.2 Å². The molecule has 9 nitrogen and oxygen atoms in total. The topological polar surface area (TPSA) is 94.4 Å². The molecular weight excluding hydrogens is 453 g/mol. The summed E-state index contributed by atoms with van der Waals surface area (Å²) in [6, 6.07) is 2.55. The lowest BCUT2D eigenvalue weighted by atomic mass is 10.0. The van der Waals surface area contributed by atoms with Crippen LogP contribution >= 0.6 is 0 Å². The molecule has 1 saturated heterocycles. The van der Waals surface area contributed by atoms with Gasteiger partial charge >= 0.3 is 11.8 Å². The molecule has 2 aromatic heterocycles. The second kappa shape index (κ2) is 8.99. The molecule has 3 aromatic rings. The van der Waals surface area contributed by atoms with Gasteiger partial charge in [0.2, 0.25) is 0 Å². The Morgan fingerprint density at radius 3 is 2.43 bits per heavy atom. The van der Waals surface area contributed by atoms with Crippen molar-refractivity contribution in [1.82, 2.24) is 24.2 Å². The second-order valence-corrected chi connectivity index (χ2v) is 10.1. The SMILES string of the molecule is Cc1cc(-n2nc(C)c(C3COCC(C)N3C(=O)OC(C)(C)C)c2-n2cc[nH]c2=O)cc(C)c1F. The Morgan fingerprint density at radius 2 is 1.86 bits per heavy atom. The fraction of sp³-hybridized carbons (Fsp3) is 0.480. The van der Waals surface area contributed by atoms with E-state index in [-0.39, 0.29) is 24.2 Å². The number of hydrogen-bond donors (Lipinski definition) is 1. The number of aromatic amines is 1. The highest BCUT2D eigenvalue weighted by Crippen LogP contribution is 2.36. The Morgan fingerprint density at radius 1 is 1.20 bits per heavy atom. The Balaban J connectivity index is 1.95. The summed E-state index contributed by atoms with van der Waals surface area (Å²) in [4.78, 5) is 30.4. The fourth-order valence-electron chi connectivity index (χ4n) is 4.52. The van der Waals surface area contributed by atoms with Crippen LogP contribution in [0.3, 0.4) is 0 Å². The van der Waals surface area contributed by atoms with E-state index < -0.39 is 17.7 Å². The smallest absolute Gasteiger partial charge is 0.411 e. The molecule has 2 atom stereocenters. The van der Waals surface area contributed by atoms with Crippen LogP contribution < -0.4 is 5.69 Å². The average molecular weight is 486 g/mol. The highest BCUT2D eigenvalue weighted by Gasteiger charge is 2.40. The number of imidazole rings is 1. The number of benzene rings is 1. The summed E-state index contributed by atoms with van der Waals surface area (Å²) in [5, 5.41) is 4.74. The van der Waals surface area contributed by atoms with Crippen molar-refractivity contribution in [2.24, 2.45) is 0 Å². The third kappa shape index (κ3) is 4.62. The number of H-pyrrole nitrogens is 1. The molecule has 10 heteroatoms. The largest absolute Gasteiger partial charge is 0.444 e. The fourth-order valence-corrected chi connectivity index (χ4v) is 4.52. The van der Waals surface area contributed by atoms with Crippen molar-refractivity contribution in [1.29, 1.82) is 0 Å². The number of morpholine rings is 1. The molecule has 0 bridgehead atoms. The van der Waals surface area contributed by atoms with Crippen molar-refractivity contribution >= 4 is 6.09 Å².